The standard InChI is InChI=1S/C19H26N4/c1-6-7-16(14(3)21)11-17(12-20)23(5)19-10-13(2)8-9-18(19)15(4)22/h6-12H,3-4,20-22H2,1-2,5H3/b7-6-,16-11-,17-12?. The van der Waals surface area contributed by atoms with Crippen molar-refractivity contribution in [2.24, 2.45) is 17.2 Å². The molecule has 1 aromatic carbocycles. The minimum Gasteiger partial charge on any atom is -0.403 e. The first-order valence-corrected chi connectivity index (χ1v) is 7.32. The lowest BCUT2D eigenvalue weighted by molar-refractivity contribution is 1.11. The lowest BCUT2D eigenvalue weighted by atomic mass is 10.1. The first-order valence-electron chi connectivity index (χ1n) is 7.32. The zero-order chi connectivity index (χ0) is 17.6. The van der Waals surface area contributed by atoms with Gasteiger partial charge in [-0.15, -0.1) is 0 Å². The van der Waals surface area contributed by atoms with Gasteiger partial charge in [0.05, 0.1) is 11.4 Å². The van der Waals surface area contributed by atoms with Crippen molar-refractivity contribution >= 4 is 11.4 Å². The molecule has 1 rings (SSSR count). The average Bonchev–Trinajstić information content (AvgIpc) is 2.50. The third-order valence-corrected chi connectivity index (χ3v) is 3.44. The van der Waals surface area contributed by atoms with Gasteiger partial charge in [-0.3, -0.25) is 0 Å². The highest BCUT2D eigenvalue weighted by molar-refractivity contribution is 5.76. The summed E-state index contributed by atoms with van der Waals surface area (Å²) in [6.07, 6.45) is 7.20. The normalized spacial score (nSPS) is 12.5. The molecule has 0 unspecified atom stereocenters. The zero-order valence-corrected chi connectivity index (χ0v) is 14.1. The second kappa shape index (κ2) is 7.94. The van der Waals surface area contributed by atoms with Crippen LogP contribution in [0.2, 0.25) is 0 Å². The van der Waals surface area contributed by atoms with Crippen LogP contribution in [0.15, 0.2) is 72.8 Å². The summed E-state index contributed by atoms with van der Waals surface area (Å²) in [5.74, 6) is 0. The minimum atomic E-state index is 0.476. The number of aryl methyl sites for hydroxylation is 1. The summed E-state index contributed by atoms with van der Waals surface area (Å²) in [6, 6.07) is 5.99. The number of anilines is 1. The molecular formula is C19H26N4. The lowest BCUT2D eigenvalue weighted by Crippen LogP contribution is -2.19. The molecule has 0 heterocycles. The van der Waals surface area contributed by atoms with Crippen LogP contribution in [0.4, 0.5) is 5.69 Å². The third-order valence-electron chi connectivity index (χ3n) is 3.44. The van der Waals surface area contributed by atoms with Gasteiger partial charge in [-0.05, 0) is 37.1 Å². The van der Waals surface area contributed by atoms with E-state index in [-0.39, 0.29) is 0 Å². The Labute approximate surface area is 139 Å². The van der Waals surface area contributed by atoms with Crippen molar-refractivity contribution in [3.05, 3.63) is 83.9 Å². The van der Waals surface area contributed by atoms with Crippen molar-refractivity contribution < 1.29 is 0 Å². The molecule has 122 valence electrons. The van der Waals surface area contributed by atoms with E-state index in [1.807, 2.05) is 62.2 Å². The molecular weight excluding hydrogens is 284 g/mol. The van der Waals surface area contributed by atoms with Gasteiger partial charge in [0.25, 0.3) is 0 Å². The van der Waals surface area contributed by atoms with Crippen molar-refractivity contribution in [1.82, 2.24) is 0 Å². The van der Waals surface area contributed by atoms with E-state index in [9.17, 15) is 0 Å². The molecule has 0 fully saturated rings. The van der Waals surface area contributed by atoms with Crippen LogP contribution >= 0.6 is 0 Å². The summed E-state index contributed by atoms with van der Waals surface area (Å²) in [4.78, 5) is 1.95. The monoisotopic (exact) mass is 310 g/mol. The van der Waals surface area contributed by atoms with Gasteiger partial charge in [-0.1, -0.05) is 37.4 Å². The Balaban J connectivity index is 3.38. The van der Waals surface area contributed by atoms with Gasteiger partial charge in [-0.2, -0.15) is 0 Å². The van der Waals surface area contributed by atoms with Gasteiger partial charge in [0, 0.05) is 30.2 Å². The zero-order valence-electron chi connectivity index (χ0n) is 14.1. The van der Waals surface area contributed by atoms with E-state index in [4.69, 9.17) is 17.2 Å². The van der Waals surface area contributed by atoms with Crippen molar-refractivity contribution in [3.63, 3.8) is 0 Å². The molecule has 0 saturated carbocycles. The molecule has 6 N–H and O–H groups in total. The van der Waals surface area contributed by atoms with Crippen molar-refractivity contribution in [3.8, 4) is 0 Å². The maximum Gasteiger partial charge on any atom is 0.0572 e. The second-order valence-corrected chi connectivity index (χ2v) is 5.32. The van der Waals surface area contributed by atoms with E-state index in [0.29, 0.717) is 11.4 Å². The first-order chi connectivity index (χ1) is 10.8. The second-order valence-electron chi connectivity index (χ2n) is 5.32. The SMILES string of the molecule is C=C(N)C(/C=C\C)=C\C(=CN)N(C)c1cc(C)ccc1C(=C)N. The fourth-order valence-electron chi connectivity index (χ4n) is 2.17. The fourth-order valence-corrected chi connectivity index (χ4v) is 2.17. The van der Waals surface area contributed by atoms with Gasteiger partial charge in [0.2, 0.25) is 0 Å². The van der Waals surface area contributed by atoms with Crippen LogP contribution in [0.3, 0.4) is 0 Å². The van der Waals surface area contributed by atoms with Crippen molar-refractivity contribution in [1.29, 1.82) is 0 Å². The molecule has 0 spiro atoms. The molecule has 0 amide bonds. The first kappa shape index (κ1) is 18.2. The summed E-state index contributed by atoms with van der Waals surface area (Å²) in [5, 5.41) is 0. The fraction of sp³-hybridized carbons (Fsp3) is 0.158. The van der Waals surface area contributed by atoms with Gasteiger partial charge in [-0.25, -0.2) is 0 Å². The van der Waals surface area contributed by atoms with Gasteiger partial charge < -0.3 is 22.1 Å². The van der Waals surface area contributed by atoms with E-state index >= 15 is 0 Å². The third kappa shape index (κ3) is 4.54. The number of benzene rings is 1. The van der Waals surface area contributed by atoms with E-state index in [1.54, 1.807) is 0 Å². The highest BCUT2D eigenvalue weighted by Crippen LogP contribution is 2.28. The molecule has 0 aliphatic heterocycles. The van der Waals surface area contributed by atoms with Crippen molar-refractivity contribution in [2.75, 3.05) is 11.9 Å². The van der Waals surface area contributed by atoms with Crippen LogP contribution in [0.1, 0.15) is 18.1 Å². The van der Waals surface area contributed by atoms with E-state index in [2.05, 4.69) is 13.2 Å². The number of likely N-dealkylation sites (N-methyl/N-ethyl adjacent to an activating group) is 1. The number of rotatable bonds is 6. The van der Waals surface area contributed by atoms with Crippen LogP contribution in [0.5, 0.6) is 0 Å². The molecule has 0 bridgehead atoms. The summed E-state index contributed by atoms with van der Waals surface area (Å²) in [6.45, 7) is 11.6. The minimum absolute atomic E-state index is 0.476. The Morgan fingerprint density at radius 2 is 1.87 bits per heavy atom. The average molecular weight is 310 g/mol. The Morgan fingerprint density at radius 1 is 1.22 bits per heavy atom. The van der Waals surface area contributed by atoms with E-state index in [1.165, 1.54) is 6.20 Å². The molecule has 0 aliphatic carbocycles. The summed E-state index contributed by atoms with van der Waals surface area (Å²) < 4.78 is 0. The maximum atomic E-state index is 5.91. The molecule has 4 nitrogen and oxygen atoms in total. The van der Waals surface area contributed by atoms with Gasteiger partial charge in [0.15, 0.2) is 0 Å². The highest BCUT2D eigenvalue weighted by Gasteiger charge is 2.12. The van der Waals surface area contributed by atoms with Crippen LogP contribution in [0, 0.1) is 6.92 Å². The number of hydrogen-bond donors (Lipinski definition) is 3. The Hall–Kier alpha value is -2.88. The van der Waals surface area contributed by atoms with E-state index in [0.717, 1.165) is 28.1 Å². The molecule has 0 saturated heterocycles. The molecule has 23 heavy (non-hydrogen) atoms. The van der Waals surface area contributed by atoms with Gasteiger partial charge >= 0.3 is 0 Å². The topological polar surface area (TPSA) is 81.3 Å². The van der Waals surface area contributed by atoms with Gasteiger partial charge in [0.1, 0.15) is 0 Å². The number of allylic oxidation sites excluding steroid dienone is 3. The van der Waals surface area contributed by atoms with Crippen molar-refractivity contribution in [2.45, 2.75) is 13.8 Å². The highest BCUT2D eigenvalue weighted by atomic mass is 15.1. The molecule has 0 atom stereocenters. The maximum absolute atomic E-state index is 5.91. The Kier molecular flexibility index (Phi) is 6.27. The van der Waals surface area contributed by atoms with Crippen LogP contribution in [0.25, 0.3) is 5.70 Å². The number of hydrogen-bond acceptors (Lipinski definition) is 4. The molecule has 0 aromatic heterocycles. The molecule has 0 aliphatic rings. The lowest BCUT2D eigenvalue weighted by Gasteiger charge is -2.24. The Bertz CT molecular complexity index is 693. The summed E-state index contributed by atoms with van der Waals surface area (Å²) in [5.41, 5.74) is 23.0. The number of nitrogens with zero attached hydrogens (tertiary/aromatic N) is 1. The van der Waals surface area contributed by atoms with E-state index < -0.39 is 0 Å². The Morgan fingerprint density at radius 3 is 2.35 bits per heavy atom. The predicted octanol–water partition coefficient (Wildman–Crippen LogP) is 3.14. The molecule has 0 radical (unpaired) electrons. The molecule has 4 heteroatoms. The van der Waals surface area contributed by atoms with Crippen LogP contribution in [-0.2, 0) is 0 Å². The van der Waals surface area contributed by atoms with Crippen LogP contribution in [-0.4, -0.2) is 7.05 Å². The summed E-state index contributed by atoms with van der Waals surface area (Å²) in [7, 11) is 1.92. The quantitative estimate of drug-likeness (QED) is 0.705. The number of nitrogens with two attached hydrogens (primary N) is 3. The van der Waals surface area contributed by atoms with Crippen LogP contribution < -0.4 is 22.1 Å². The summed E-state index contributed by atoms with van der Waals surface area (Å²) >= 11 is 0. The largest absolute Gasteiger partial charge is 0.403 e. The predicted molar refractivity (Wildman–Crippen MR) is 101 cm³/mol. The molecule has 1 aromatic rings. The smallest absolute Gasteiger partial charge is 0.0572 e.